The first-order valence-corrected chi connectivity index (χ1v) is 6.62. The summed E-state index contributed by atoms with van der Waals surface area (Å²) in [5.74, 6) is 0.619. The minimum atomic E-state index is -0.431. The predicted octanol–water partition coefficient (Wildman–Crippen LogP) is 1.29. The lowest BCUT2D eigenvalue weighted by molar-refractivity contribution is -0.131. The molecule has 1 aliphatic rings. The lowest BCUT2D eigenvalue weighted by atomic mass is 9.85. The third kappa shape index (κ3) is 3.68. The highest BCUT2D eigenvalue weighted by atomic mass is 16.5. The van der Waals surface area contributed by atoms with E-state index in [9.17, 15) is 4.79 Å². The highest BCUT2D eigenvalue weighted by Gasteiger charge is 2.32. The van der Waals surface area contributed by atoms with Crippen molar-refractivity contribution in [3.63, 3.8) is 0 Å². The highest BCUT2D eigenvalue weighted by molar-refractivity contribution is 5.82. The van der Waals surface area contributed by atoms with Crippen LogP contribution < -0.4 is 11.1 Å². The standard InChI is InChI=1S/C13H26N2O2/c1-4-13(3,9-14)12(16)15-10(2)11-5-7-17-8-6-11/h10-11H,4-9,14H2,1-3H3,(H,15,16). The Hall–Kier alpha value is -0.610. The topological polar surface area (TPSA) is 64.4 Å². The van der Waals surface area contributed by atoms with Crippen molar-refractivity contribution >= 4 is 5.91 Å². The molecule has 0 aliphatic carbocycles. The van der Waals surface area contributed by atoms with Crippen molar-refractivity contribution in [3.8, 4) is 0 Å². The van der Waals surface area contributed by atoms with Gasteiger partial charge in [-0.2, -0.15) is 0 Å². The van der Waals surface area contributed by atoms with Gasteiger partial charge in [0.15, 0.2) is 0 Å². The molecule has 0 aromatic rings. The van der Waals surface area contributed by atoms with Gasteiger partial charge in [0.2, 0.25) is 5.91 Å². The zero-order chi connectivity index (χ0) is 12.9. The molecule has 4 nitrogen and oxygen atoms in total. The molecule has 3 N–H and O–H groups in total. The molecule has 1 rings (SSSR count). The Morgan fingerprint density at radius 3 is 2.59 bits per heavy atom. The van der Waals surface area contributed by atoms with Gasteiger partial charge in [-0.25, -0.2) is 0 Å². The van der Waals surface area contributed by atoms with Crippen LogP contribution in [0.1, 0.15) is 40.0 Å². The van der Waals surface area contributed by atoms with E-state index in [0.717, 1.165) is 32.5 Å². The predicted molar refractivity (Wildman–Crippen MR) is 68.6 cm³/mol. The van der Waals surface area contributed by atoms with Crippen LogP contribution in [0.3, 0.4) is 0 Å². The first-order valence-electron chi connectivity index (χ1n) is 6.62. The molecule has 2 unspecified atom stereocenters. The van der Waals surface area contributed by atoms with Crippen LogP contribution in [0.25, 0.3) is 0 Å². The summed E-state index contributed by atoms with van der Waals surface area (Å²) >= 11 is 0. The largest absolute Gasteiger partial charge is 0.381 e. The van der Waals surface area contributed by atoms with Crippen LogP contribution in [0.2, 0.25) is 0 Å². The van der Waals surface area contributed by atoms with E-state index in [-0.39, 0.29) is 11.9 Å². The molecular formula is C13H26N2O2. The van der Waals surface area contributed by atoms with E-state index >= 15 is 0 Å². The smallest absolute Gasteiger partial charge is 0.227 e. The quantitative estimate of drug-likeness (QED) is 0.763. The molecular weight excluding hydrogens is 216 g/mol. The fraction of sp³-hybridized carbons (Fsp3) is 0.923. The summed E-state index contributed by atoms with van der Waals surface area (Å²) in [5, 5.41) is 3.12. The lowest BCUT2D eigenvalue weighted by Crippen LogP contribution is -2.49. The Kier molecular flexibility index (Phi) is 5.40. The van der Waals surface area contributed by atoms with E-state index in [2.05, 4.69) is 12.2 Å². The van der Waals surface area contributed by atoms with Crippen LogP contribution in [0.4, 0.5) is 0 Å². The van der Waals surface area contributed by atoms with E-state index in [1.165, 1.54) is 0 Å². The van der Waals surface area contributed by atoms with Gasteiger partial charge in [-0.05, 0) is 39.0 Å². The molecule has 1 heterocycles. The Balaban J connectivity index is 2.49. The van der Waals surface area contributed by atoms with Crippen LogP contribution in [0.15, 0.2) is 0 Å². The highest BCUT2D eigenvalue weighted by Crippen LogP contribution is 2.22. The van der Waals surface area contributed by atoms with Gasteiger partial charge in [-0.3, -0.25) is 4.79 Å². The molecule has 1 saturated heterocycles. The third-order valence-corrected chi connectivity index (χ3v) is 4.11. The monoisotopic (exact) mass is 242 g/mol. The Bertz CT molecular complexity index is 246. The second-order valence-corrected chi connectivity index (χ2v) is 5.33. The molecule has 2 atom stereocenters. The summed E-state index contributed by atoms with van der Waals surface area (Å²) in [4.78, 5) is 12.2. The van der Waals surface area contributed by atoms with E-state index in [0.29, 0.717) is 12.5 Å². The van der Waals surface area contributed by atoms with Gasteiger partial charge < -0.3 is 15.8 Å². The Morgan fingerprint density at radius 1 is 1.53 bits per heavy atom. The van der Waals surface area contributed by atoms with Gasteiger partial charge in [0.1, 0.15) is 0 Å². The van der Waals surface area contributed by atoms with Crippen LogP contribution >= 0.6 is 0 Å². The van der Waals surface area contributed by atoms with E-state index in [1.807, 2.05) is 13.8 Å². The molecule has 0 aromatic heterocycles. The molecule has 0 radical (unpaired) electrons. The summed E-state index contributed by atoms with van der Waals surface area (Å²) < 4.78 is 5.33. The second kappa shape index (κ2) is 6.36. The van der Waals surface area contributed by atoms with Crippen LogP contribution in [-0.4, -0.2) is 31.7 Å². The zero-order valence-corrected chi connectivity index (χ0v) is 11.3. The molecule has 0 saturated carbocycles. The Labute approximate surface area is 104 Å². The number of nitrogens with two attached hydrogens (primary N) is 1. The van der Waals surface area contributed by atoms with Crippen molar-refractivity contribution in [1.29, 1.82) is 0 Å². The van der Waals surface area contributed by atoms with Crippen molar-refractivity contribution in [1.82, 2.24) is 5.32 Å². The van der Waals surface area contributed by atoms with Crippen molar-refractivity contribution in [2.75, 3.05) is 19.8 Å². The van der Waals surface area contributed by atoms with Crippen molar-refractivity contribution in [3.05, 3.63) is 0 Å². The van der Waals surface area contributed by atoms with Crippen LogP contribution in [-0.2, 0) is 9.53 Å². The fourth-order valence-corrected chi connectivity index (χ4v) is 2.11. The number of hydrogen-bond donors (Lipinski definition) is 2. The number of rotatable bonds is 5. The van der Waals surface area contributed by atoms with Crippen molar-refractivity contribution in [2.24, 2.45) is 17.1 Å². The van der Waals surface area contributed by atoms with E-state index in [1.54, 1.807) is 0 Å². The van der Waals surface area contributed by atoms with Gasteiger partial charge in [0, 0.05) is 25.8 Å². The van der Waals surface area contributed by atoms with Crippen LogP contribution in [0, 0.1) is 11.3 Å². The fourth-order valence-electron chi connectivity index (χ4n) is 2.11. The molecule has 1 fully saturated rings. The molecule has 1 amide bonds. The number of nitrogens with one attached hydrogen (secondary N) is 1. The van der Waals surface area contributed by atoms with Crippen molar-refractivity contribution in [2.45, 2.75) is 46.1 Å². The maximum absolute atomic E-state index is 12.2. The summed E-state index contributed by atoms with van der Waals surface area (Å²) in [6.07, 6.45) is 2.84. The SMILES string of the molecule is CCC(C)(CN)C(=O)NC(C)C1CCOCC1. The normalized spacial score (nSPS) is 22.8. The van der Waals surface area contributed by atoms with E-state index in [4.69, 9.17) is 10.5 Å². The average Bonchev–Trinajstić information content (AvgIpc) is 2.38. The molecule has 4 heteroatoms. The van der Waals surface area contributed by atoms with Crippen molar-refractivity contribution < 1.29 is 9.53 Å². The maximum atomic E-state index is 12.2. The lowest BCUT2D eigenvalue weighted by Gasteiger charge is -2.32. The van der Waals surface area contributed by atoms with Gasteiger partial charge in [-0.15, -0.1) is 0 Å². The van der Waals surface area contributed by atoms with Crippen LogP contribution in [0.5, 0.6) is 0 Å². The number of amides is 1. The van der Waals surface area contributed by atoms with E-state index < -0.39 is 5.41 Å². The number of carbonyl (C=O) groups is 1. The van der Waals surface area contributed by atoms with Gasteiger partial charge in [0.25, 0.3) is 0 Å². The summed E-state index contributed by atoms with van der Waals surface area (Å²) in [6, 6.07) is 0.212. The average molecular weight is 242 g/mol. The number of hydrogen-bond acceptors (Lipinski definition) is 3. The van der Waals surface area contributed by atoms with Gasteiger partial charge in [0.05, 0.1) is 5.41 Å². The number of ether oxygens (including phenoxy) is 1. The minimum Gasteiger partial charge on any atom is -0.381 e. The second-order valence-electron chi connectivity index (χ2n) is 5.33. The molecule has 17 heavy (non-hydrogen) atoms. The first kappa shape index (κ1) is 14.5. The van der Waals surface area contributed by atoms with Gasteiger partial charge in [-0.1, -0.05) is 6.92 Å². The maximum Gasteiger partial charge on any atom is 0.227 e. The summed E-state index contributed by atoms with van der Waals surface area (Å²) in [7, 11) is 0. The summed E-state index contributed by atoms with van der Waals surface area (Å²) in [5.41, 5.74) is 5.26. The molecule has 0 aromatic carbocycles. The minimum absolute atomic E-state index is 0.0847. The Morgan fingerprint density at radius 2 is 2.12 bits per heavy atom. The first-order chi connectivity index (χ1) is 8.03. The summed E-state index contributed by atoms with van der Waals surface area (Å²) in [6.45, 7) is 8.04. The zero-order valence-electron chi connectivity index (χ0n) is 11.3. The molecule has 100 valence electrons. The molecule has 0 bridgehead atoms. The molecule has 0 spiro atoms. The van der Waals surface area contributed by atoms with Gasteiger partial charge >= 0.3 is 0 Å². The number of carbonyl (C=O) groups excluding carboxylic acids is 1. The third-order valence-electron chi connectivity index (χ3n) is 4.11. The molecule has 1 aliphatic heterocycles.